The second kappa shape index (κ2) is 4.39. The van der Waals surface area contributed by atoms with Crippen LogP contribution in [0.15, 0.2) is 10.6 Å². The summed E-state index contributed by atoms with van der Waals surface area (Å²) in [4.78, 5) is 5.68. The zero-order valence-electron chi connectivity index (χ0n) is 10.6. The molecule has 2 N–H and O–H groups in total. The maximum atomic E-state index is 5.95. The van der Waals surface area contributed by atoms with E-state index in [1.54, 1.807) is 11.3 Å². The van der Waals surface area contributed by atoms with Crippen molar-refractivity contribution < 1.29 is 4.52 Å². The van der Waals surface area contributed by atoms with Gasteiger partial charge in [0.1, 0.15) is 0 Å². The van der Waals surface area contributed by atoms with Crippen LogP contribution in [0.25, 0.3) is 11.5 Å². The number of hydrogen-bond donors (Lipinski definition) is 1. The van der Waals surface area contributed by atoms with Crippen molar-refractivity contribution in [2.45, 2.75) is 39.0 Å². The van der Waals surface area contributed by atoms with Gasteiger partial charge in [-0.05, 0) is 38.2 Å². The lowest BCUT2D eigenvalue weighted by molar-refractivity contribution is 0.415. The molecule has 2 atom stereocenters. The third-order valence-corrected chi connectivity index (χ3v) is 4.50. The van der Waals surface area contributed by atoms with Crippen LogP contribution >= 0.6 is 11.3 Å². The fraction of sp³-hybridized carbons (Fsp3) is 0.538. The summed E-state index contributed by atoms with van der Waals surface area (Å²) in [6, 6.07) is 2.01. The zero-order valence-corrected chi connectivity index (χ0v) is 11.5. The highest BCUT2D eigenvalue weighted by molar-refractivity contribution is 7.16. The molecule has 4 nitrogen and oxygen atoms in total. The van der Waals surface area contributed by atoms with Crippen molar-refractivity contribution in [3.05, 3.63) is 16.8 Å². The predicted molar refractivity (Wildman–Crippen MR) is 72.5 cm³/mol. The average molecular weight is 263 g/mol. The molecule has 1 aliphatic rings. The molecule has 1 saturated carbocycles. The summed E-state index contributed by atoms with van der Waals surface area (Å²) in [7, 11) is 0. The van der Waals surface area contributed by atoms with E-state index >= 15 is 0 Å². The summed E-state index contributed by atoms with van der Waals surface area (Å²) in [5, 5.41) is 4.87. The fourth-order valence-corrected chi connectivity index (χ4v) is 3.43. The lowest BCUT2D eigenvalue weighted by Crippen LogP contribution is -1.96. The molecule has 2 heterocycles. The largest absolute Gasteiger partial charge is 0.390 e. The molecular weight excluding hydrogens is 246 g/mol. The highest BCUT2D eigenvalue weighted by atomic mass is 32.1. The molecule has 0 saturated heterocycles. The van der Waals surface area contributed by atoms with Gasteiger partial charge in [-0.3, -0.25) is 0 Å². The molecular formula is C13H17N3OS. The summed E-state index contributed by atoms with van der Waals surface area (Å²) >= 11 is 1.56. The van der Waals surface area contributed by atoms with Crippen LogP contribution in [-0.4, -0.2) is 10.1 Å². The number of nitrogen functional groups attached to an aromatic ring is 1. The minimum absolute atomic E-state index is 0.457. The predicted octanol–water partition coefficient (Wildman–Crippen LogP) is 3.59. The van der Waals surface area contributed by atoms with Gasteiger partial charge in [0.25, 0.3) is 5.89 Å². The number of thiophene rings is 1. The molecule has 0 amide bonds. The number of nitrogens with zero attached hydrogens (tertiary/aromatic N) is 2. The maximum Gasteiger partial charge on any atom is 0.260 e. The Hall–Kier alpha value is -1.36. The van der Waals surface area contributed by atoms with E-state index in [1.807, 2.05) is 13.0 Å². The topological polar surface area (TPSA) is 64.9 Å². The molecule has 5 heteroatoms. The Balaban J connectivity index is 1.87. The summed E-state index contributed by atoms with van der Waals surface area (Å²) in [6.45, 7) is 4.31. The van der Waals surface area contributed by atoms with Crippen molar-refractivity contribution >= 4 is 16.3 Å². The Bertz CT molecular complexity index is 560. The van der Waals surface area contributed by atoms with Gasteiger partial charge in [0.05, 0.1) is 10.6 Å². The van der Waals surface area contributed by atoms with Crippen molar-refractivity contribution in [3.63, 3.8) is 0 Å². The quantitative estimate of drug-likeness (QED) is 0.899. The van der Waals surface area contributed by atoms with Gasteiger partial charge in [-0.15, -0.1) is 11.3 Å². The fourth-order valence-electron chi connectivity index (χ4n) is 2.65. The van der Waals surface area contributed by atoms with Crippen molar-refractivity contribution in [1.29, 1.82) is 0 Å². The SMILES string of the molecule is Cc1cc(-c2nc(C3CCC(C)C3)no2)c(N)s1. The van der Waals surface area contributed by atoms with E-state index in [2.05, 4.69) is 17.1 Å². The molecule has 3 rings (SSSR count). The Morgan fingerprint density at radius 3 is 2.89 bits per heavy atom. The Morgan fingerprint density at radius 2 is 2.28 bits per heavy atom. The first-order valence-electron chi connectivity index (χ1n) is 6.33. The maximum absolute atomic E-state index is 5.95. The zero-order chi connectivity index (χ0) is 12.7. The van der Waals surface area contributed by atoms with Crippen LogP contribution in [0.3, 0.4) is 0 Å². The highest BCUT2D eigenvalue weighted by Crippen LogP contribution is 2.38. The second-order valence-electron chi connectivity index (χ2n) is 5.21. The van der Waals surface area contributed by atoms with E-state index in [1.165, 1.54) is 6.42 Å². The van der Waals surface area contributed by atoms with Gasteiger partial charge in [-0.2, -0.15) is 4.98 Å². The monoisotopic (exact) mass is 263 g/mol. The van der Waals surface area contributed by atoms with Crippen LogP contribution in [0.1, 0.15) is 42.8 Å². The molecule has 0 radical (unpaired) electrons. The molecule has 0 aliphatic heterocycles. The molecule has 0 bridgehead atoms. The minimum atomic E-state index is 0.457. The summed E-state index contributed by atoms with van der Waals surface area (Å²) in [6.07, 6.45) is 3.59. The van der Waals surface area contributed by atoms with Crippen molar-refractivity contribution in [3.8, 4) is 11.5 Å². The van der Waals surface area contributed by atoms with Crippen molar-refractivity contribution in [1.82, 2.24) is 10.1 Å². The highest BCUT2D eigenvalue weighted by Gasteiger charge is 2.27. The standard InChI is InChI=1S/C13H17N3OS/c1-7-3-4-9(5-7)12-15-13(17-16-12)10-6-8(2)18-11(10)14/h6-7,9H,3-5,14H2,1-2H3. The summed E-state index contributed by atoms with van der Waals surface area (Å²) in [5.41, 5.74) is 6.83. The molecule has 2 aromatic heterocycles. The first-order chi connectivity index (χ1) is 8.63. The minimum Gasteiger partial charge on any atom is -0.390 e. The van der Waals surface area contributed by atoms with Crippen LogP contribution in [0.5, 0.6) is 0 Å². The van der Waals surface area contributed by atoms with E-state index in [9.17, 15) is 0 Å². The van der Waals surface area contributed by atoms with E-state index in [-0.39, 0.29) is 0 Å². The molecule has 0 aromatic carbocycles. The van der Waals surface area contributed by atoms with Crippen LogP contribution in [-0.2, 0) is 0 Å². The first kappa shape index (κ1) is 11.7. The van der Waals surface area contributed by atoms with E-state index in [4.69, 9.17) is 10.3 Å². The lowest BCUT2D eigenvalue weighted by Gasteiger charge is -2.01. The summed E-state index contributed by atoms with van der Waals surface area (Å²) in [5.74, 6) is 2.63. The molecule has 2 unspecified atom stereocenters. The van der Waals surface area contributed by atoms with E-state index in [0.29, 0.717) is 11.8 Å². The van der Waals surface area contributed by atoms with Gasteiger partial charge in [-0.1, -0.05) is 12.1 Å². The normalized spacial score (nSPS) is 23.7. The number of anilines is 1. The lowest BCUT2D eigenvalue weighted by atomic mass is 10.1. The van der Waals surface area contributed by atoms with Crippen LogP contribution in [0.2, 0.25) is 0 Å². The van der Waals surface area contributed by atoms with E-state index in [0.717, 1.165) is 40.0 Å². The van der Waals surface area contributed by atoms with Gasteiger partial charge >= 0.3 is 0 Å². The number of hydrogen-bond acceptors (Lipinski definition) is 5. The Kier molecular flexibility index (Phi) is 2.86. The Labute approximate surface area is 110 Å². The van der Waals surface area contributed by atoms with Gasteiger partial charge < -0.3 is 10.3 Å². The molecule has 1 fully saturated rings. The number of rotatable bonds is 2. The summed E-state index contributed by atoms with van der Waals surface area (Å²) < 4.78 is 5.36. The van der Waals surface area contributed by atoms with Crippen LogP contribution in [0, 0.1) is 12.8 Å². The molecule has 1 aliphatic carbocycles. The third kappa shape index (κ3) is 2.03. The first-order valence-corrected chi connectivity index (χ1v) is 7.15. The number of aromatic nitrogens is 2. The van der Waals surface area contributed by atoms with E-state index < -0.39 is 0 Å². The van der Waals surface area contributed by atoms with Crippen LogP contribution < -0.4 is 5.73 Å². The molecule has 18 heavy (non-hydrogen) atoms. The Morgan fingerprint density at radius 1 is 1.44 bits per heavy atom. The molecule has 96 valence electrons. The third-order valence-electron chi connectivity index (χ3n) is 3.62. The van der Waals surface area contributed by atoms with Gasteiger partial charge in [-0.25, -0.2) is 0 Å². The van der Waals surface area contributed by atoms with Crippen molar-refractivity contribution in [2.75, 3.05) is 5.73 Å². The molecule has 2 aromatic rings. The van der Waals surface area contributed by atoms with Gasteiger partial charge in [0.15, 0.2) is 5.82 Å². The number of aryl methyl sites for hydroxylation is 1. The average Bonchev–Trinajstić information content (AvgIpc) is 2.98. The second-order valence-corrected chi connectivity index (χ2v) is 6.50. The van der Waals surface area contributed by atoms with Crippen molar-refractivity contribution in [2.24, 2.45) is 5.92 Å². The molecule has 0 spiro atoms. The van der Waals surface area contributed by atoms with Gasteiger partial charge in [0.2, 0.25) is 0 Å². The van der Waals surface area contributed by atoms with Crippen LogP contribution in [0.4, 0.5) is 5.00 Å². The smallest absolute Gasteiger partial charge is 0.260 e. The van der Waals surface area contributed by atoms with Gasteiger partial charge in [0, 0.05) is 10.8 Å². The number of nitrogens with two attached hydrogens (primary N) is 1.